The van der Waals surface area contributed by atoms with E-state index in [2.05, 4.69) is 67.8 Å². The molecule has 0 aliphatic carbocycles. The number of hydrogen-bond acceptors (Lipinski definition) is 6. The Balaban J connectivity index is 4.13. The highest BCUT2D eigenvalue weighted by molar-refractivity contribution is 7.45. The molecule has 0 heterocycles. The van der Waals surface area contributed by atoms with Gasteiger partial charge in [0.05, 0.1) is 39.9 Å². The van der Waals surface area contributed by atoms with Gasteiger partial charge in [-0.25, -0.2) is 0 Å². The highest BCUT2D eigenvalue weighted by Crippen LogP contribution is 2.38. The number of likely N-dealkylation sites (N-methyl/N-ethyl adjacent to an activating group) is 1. The Kier molecular flexibility index (Phi) is 59.4. The molecule has 0 saturated carbocycles. The van der Waals surface area contributed by atoms with E-state index in [1.165, 1.54) is 257 Å². The van der Waals surface area contributed by atoms with Crippen LogP contribution >= 0.6 is 7.82 Å². The summed E-state index contributed by atoms with van der Waals surface area (Å²) in [4.78, 5) is 25.6. The molecule has 0 fully saturated rings. The molecule has 1 amide bonds. The standard InChI is InChI=1S/C70H133N2O6P/c1-6-8-10-12-14-16-18-20-22-24-26-28-30-32-34-35-36-38-39-41-43-45-47-49-51-53-55-57-59-61-63-69(73)68(67-78-79(75,76)77-66-65-72(3,4)5)71-70(74)64-62-60-58-56-54-52-50-48-46-44-42-40-37-33-31-29-27-25-23-21-19-17-15-13-11-9-7-2/h19,21,25,27,31,33,53,55,61,63,68-69,73H,6-18,20,22-24,26,28-30,32,34-52,54,56-60,62,64-67H2,1-5H3,(H-,71,74,75,76)/b21-19-,27-25-,33-31-,55-53+,63-61+. The van der Waals surface area contributed by atoms with Crippen LogP contribution in [0.15, 0.2) is 60.8 Å². The highest BCUT2D eigenvalue weighted by Gasteiger charge is 2.23. The summed E-state index contributed by atoms with van der Waals surface area (Å²) < 4.78 is 23.4. The summed E-state index contributed by atoms with van der Waals surface area (Å²) in [5, 5.41) is 13.9. The lowest BCUT2D eigenvalue weighted by Gasteiger charge is -2.29. The van der Waals surface area contributed by atoms with Crippen LogP contribution in [0.3, 0.4) is 0 Å². The van der Waals surface area contributed by atoms with Gasteiger partial charge in [-0.15, -0.1) is 0 Å². The third kappa shape index (κ3) is 63.6. The summed E-state index contributed by atoms with van der Waals surface area (Å²) in [6.45, 7) is 4.66. The van der Waals surface area contributed by atoms with Crippen molar-refractivity contribution in [2.24, 2.45) is 0 Å². The zero-order valence-corrected chi connectivity index (χ0v) is 54.0. The lowest BCUT2D eigenvalue weighted by Crippen LogP contribution is -2.45. The van der Waals surface area contributed by atoms with Gasteiger partial charge in [-0.3, -0.25) is 9.36 Å². The lowest BCUT2D eigenvalue weighted by atomic mass is 10.0. The lowest BCUT2D eigenvalue weighted by molar-refractivity contribution is -0.870. The van der Waals surface area contributed by atoms with E-state index in [1.54, 1.807) is 6.08 Å². The number of nitrogens with zero attached hydrogens (tertiary/aromatic N) is 1. The molecule has 9 heteroatoms. The molecule has 0 radical (unpaired) electrons. The smallest absolute Gasteiger partial charge is 0.268 e. The van der Waals surface area contributed by atoms with E-state index < -0.39 is 26.6 Å². The fourth-order valence-corrected chi connectivity index (χ4v) is 10.8. The fourth-order valence-electron chi connectivity index (χ4n) is 10.1. The minimum Gasteiger partial charge on any atom is -0.756 e. The predicted octanol–water partition coefficient (Wildman–Crippen LogP) is 21.0. The Hall–Kier alpha value is -1.80. The average Bonchev–Trinajstić information content (AvgIpc) is 3.42. The number of carbonyl (C=O) groups excluding carboxylic acids is 1. The van der Waals surface area contributed by atoms with E-state index >= 15 is 0 Å². The van der Waals surface area contributed by atoms with Crippen molar-refractivity contribution in [3.05, 3.63) is 60.8 Å². The Labute approximate surface area is 492 Å². The Bertz CT molecular complexity index is 1470. The van der Waals surface area contributed by atoms with E-state index in [0.717, 1.165) is 51.4 Å². The summed E-state index contributed by atoms with van der Waals surface area (Å²) in [6.07, 6.45) is 83.4. The first-order chi connectivity index (χ1) is 38.5. The number of aliphatic hydroxyl groups is 1. The largest absolute Gasteiger partial charge is 0.756 e. The van der Waals surface area contributed by atoms with Crippen LogP contribution in [-0.4, -0.2) is 68.5 Å². The SMILES string of the molecule is CCCCCCC/C=C\C/C=C\C/C=C\CCCCCCCCCCCCCCC(=O)NC(COP(=O)([O-])OCC[N+](C)(C)C)C(O)/C=C/CC/C=C/CCCCCCCCCCCCCCCCCCCCCCCCCC. The summed E-state index contributed by atoms with van der Waals surface area (Å²) in [7, 11) is 1.25. The number of carbonyl (C=O) groups is 1. The van der Waals surface area contributed by atoms with E-state index in [4.69, 9.17) is 9.05 Å². The van der Waals surface area contributed by atoms with Crippen molar-refractivity contribution in [2.75, 3.05) is 40.9 Å². The Morgan fingerprint density at radius 3 is 1.11 bits per heavy atom. The van der Waals surface area contributed by atoms with Gasteiger partial charge in [0.15, 0.2) is 0 Å². The second kappa shape index (κ2) is 60.8. The van der Waals surface area contributed by atoms with E-state index in [0.29, 0.717) is 17.4 Å². The van der Waals surface area contributed by atoms with Crippen molar-refractivity contribution in [2.45, 2.75) is 341 Å². The monoisotopic (exact) mass is 1130 g/mol. The van der Waals surface area contributed by atoms with Gasteiger partial charge in [-0.1, -0.05) is 312 Å². The van der Waals surface area contributed by atoms with Crippen molar-refractivity contribution in [3.63, 3.8) is 0 Å². The molecule has 0 bridgehead atoms. The molecule has 79 heavy (non-hydrogen) atoms. The van der Waals surface area contributed by atoms with Gasteiger partial charge in [0.25, 0.3) is 7.82 Å². The van der Waals surface area contributed by atoms with Crippen molar-refractivity contribution < 1.29 is 32.9 Å². The van der Waals surface area contributed by atoms with Crippen molar-refractivity contribution in [1.82, 2.24) is 5.32 Å². The molecule has 8 nitrogen and oxygen atoms in total. The second-order valence-corrected chi connectivity index (χ2v) is 25.9. The molecule has 0 aromatic carbocycles. The van der Waals surface area contributed by atoms with Gasteiger partial charge in [0.1, 0.15) is 13.2 Å². The topological polar surface area (TPSA) is 108 Å². The first kappa shape index (κ1) is 77.2. The molecule has 0 aliphatic rings. The Morgan fingerprint density at radius 2 is 0.747 bits per heavy atom. The maximum Gasteiger partial charge on any atom is 0.268 e. The van der Waals surface area contributed by atoms with Gasteiger partial charge in [-0.2, -0.15) is 0 Å². The molecule has 0 spiro atoms. The molecule has 464 valence electrons. The van der Waals surface area contributed by atoms with Gasteiger partial charge in [-0.05, 0) is 70.6 Å². The number of phosphoric ester groups is 1. The number of aliphatic hydroxyl groups excluding tert-OH is 1. The zero-order valence-electron chi connectivity index (χ0n) is 53.1. The number of unbranched alkanes of at least 4 members (excludes halogenated alkanes) is 42. The van der Waals surface area contributed by atoms with Crippen molar-refractivity contribution in [3.8, 4) is 0 Å². The van der Waals surface area contributed by atoms with E-state index in [9.17, 15) is 19.4 Å². The zero-order chi connectivity index (χ0) is 57.7. The summed E-state index contributed by atoms with van der Waals surface area (Å²) in [5.41, 5.74) is 0. The summed E-state index contributed by atoms with van der Waals surface area (Å²) in [6, 6.07) is -0.908. The van der Waals surface area contributed by atoms with E-state index in [1.807, 2.05) is 27.2 Å². The van der Waals surface area contributed by atoms with Crippen molar-refractivity contribution in [1.29, 1.82) is 0 Å². The number of allylic oxidation sites excluding steroid dienone is 9. The van der Waals surface area contributed by atoms with Gasteiger partial charge in [0, 0.05) is 6.42 Å². The maximum absolute atomic E-state index is 13.0. The molecule has 0 saturated heterocycles. The summed E-state index contributed by atoms with van der Waals surface area (Å²) >= 11 is 0. The van der Waals surface area contributed by atoms with Gasteiger partial charge >= 0.3 is 0 Å². The molecule has 3 atom stereocenters. The molecule has 2 N–H and O–H groups in total. The fraction of sp³-hybridized carbons (Fsp3) is 0.843. The van der Waals surface area contributed by atoms with Crippen LogP contribution in [0.5, 0.6) is 0 Å². The third-order valence-electron chi connectivity index (χ3n) is 15.4. The highest BCUT2D eigenvalue weighted by atomic mass is 31.2. The molecular weight excluding hydrogens is 996 g/mol. The summed E-state index contributed by atoms with van der Waals surface area (Å²) in [5.74, 6) is -0.206. The normalized spacial score (nSPS) is 14.1. The predicted molar refractivity (Wildman–Crippen MR) is 344 cm³/mol. The number of amides is 1. The minimum atomic E-state index is -4.61. The first-order valence-electron chi connectivity index (χ1n) is 34.2. The average molecular weight is 1130 g/mol. The number of nitrogens with one attached hydrogen (secondary N) is 1. The number of rotatable bonds is 63. The van der Waals surface area contributed by atoms with Gasteiger partial charge < -0.3 is 28.8 Å². The van der Waals surface area contributed by atoms with Crippen molar-refractivity contribution >= 4 is 13.7 Å². The number of phosphoric acid groups is 1. The molecule has 3 unspecified atom stereocenters. The molecule has 0 aromatic rings. The van der Waals surface area contributed by atoms with Crippen LogP contribution < -0.4 is 10.2 Å². The van der Waals surface area contributed by atoms with Crippen LogP contribution in [0.2, 0.25) is 0 Å². The molecule has 0 aromatic heterocycles. The maximum atomic E-state index is 13.0. The first-order valence-corrected chi connectivity index (χ1v) is 35.6. The van der Waals surface area contributed by atoms with E-state index in [-0.39, 0.29) is 12.5 Å². The molecule has 0 aliphatic heterocycles. The number of quaternary nitrogens is 1. The van der Waals surface area contributed by atoms with Gasteiger partial charge in [0.2, 0.25) is 5.91 Å². The molecule has 0 rings (SSSR count). The van der Waals surface area contributed by atoms with Crippen LogP contribution in [0.25, 0.3) is 0 Å². The van der Waals surface area contributed by atoms with Crippen LogP contribution in [-0.2, 0) is 18.4 Å². The van der Waals surface area contributed by atoms with Crippen LogP contribution in [0.1, 0.15) is 328 Å². The second-order valence-electron chi connectivity index (χ2n) is 24.5. The third-order valence-corrected chi connectivity index (χ3v) is 16.4. The van der Waals surface area contributed by atoms with Crippen LogP contribution in [0, 0.1) is 0 Å². The van der Waals surface area contributed by atoms with Crippen LogP contribution in [0.4, 0.5) is 0 Å². The molecular formula is C70H133N2O6P. The quantitative estimate of drug-likeness (QED) is 0.0272. The Morgan fingerprint density at radius 1 is 0.443 bits per heavy atom. The minimum absolute atomic E-state index is 0.00778. The number of hydrogen-bond donors (Lipinski definition) is 2.